The summed E-state index contributed by atoms with van der Waals surface area (Å²) in [5, 5.41) is 10.0. The van der Waals surface area contributed by atoms with Crippen LogP contribution in [0.3, 0.4) is 0 Å². The molecule has 19 heavy (non-hydrogen) atoms. The Bertz CT molecular complexity index is 400. The normalized spacial score (nSPS) is 22.1. The molecule has 5 heteroatoms. The smallest absolute Gasteiger partial charge is 0.121 e. The number of hydrogen-bond acceptors (Lipinski definition) is 5. The first-order valence-corrected chi connectivity index (χ1v) is 6.63. The van der Waals surface area contributed by atoms with Gasteiger partial charge in [-0.05, 0) is 19.1 Å². The lowest BCUT2D eigenvalue weighted by Crippen LogP contribution is -2.47. The molecular weight excluding hydrogens is 244 g/mol. The molecule has 0 spiro atoms. The summed E-state index contributed by atoms with van der Waals surface area (Å²) in [6, 6.07) is 7.57. The van der Waals surface area contributed by atoms with Crippen molar-refractivity contribution in [3.8, 4) is 5.75 Å². The lowest BCUT2D eigenvalue weighted by Gasteiger charge is -2.34. The van der Waals surface area contributed by atoms with Crippen LogP contribution in [0.5, 0.6) is 5.75 Å². The fraction of sp³-hybridized carbons (Fsp3) is 0.571. The molecule has 1 fully saturated rings. The van der Waals surface area contributed by atoms with Gasteiger partial charge in [0.2, 0.25) is 0 Å². The fourth-order valence-corrected chi connectivity index (χ4v) is 2.15. The van der Waals surface area contributed by atoms with E-state index in [1.165, 1.54) is 0 Å². The second-order valence-electron chi connectivity index (χ2n) is 4.96. The van der Waals surface area contributed by atoms with E-state index in [-0.39, 0.29) is 6.61 Å². The minimum atomic E-state index is -0.512. The molecule has 0 aliphatic carbocycles. The first kappa shape index (κ1) is 14.1. The van der Waals surface area contributed by atoms with Gasteiger partial charge in [-0.15, -0.1) is 0 Å². The van der Waals surface area contributed by atoms with Gasteiger partial charge >= 0.3 is 0 Å². The molecule has 2 rings (SSSR count). The number of ether oxygens (including phenoxy) is 2. The number of hydrogen-bond donors (Lipinski definition) is 2. The number of benzene rings is 1. The average molecular weight is 266 g/mol. The van der Waals surface area contributed by atoms with Gasteiger partial charge in [0.25, 0.3) is 0 Å². The molecule has 0 bridgehead atoms. The maximum absolute atomic E-state index is 10.0. The number of nitrogens with zero attached hydrogens (tertiary/aromatic N) is 1. The highest BCUT2D eigenvalue weighted by molar-refractivity contribution is 5.43. The van der Waals surface area contributed by atoms with Crippen LogP contribution in [-0.4, -0.2) is 55.1 Å². The van der Waals surface area contributed by atoms with Crippen molar-refractivity contribution >= 4 is 5.69 Å². The third-order valence-electron chi connectivity index (χ3n) is 3.25. The maximum atomic E-state index is 10.0. The summed E-state index contributed by atoms with van der Waals surface area (Å²) in [5.74, 6) is 0.689. The predicted octanol–water partition coefficient (Wildman–Crippen LogP) is 0.729. The standard InChI is InChI=1S/C14H22N2O3/c1-11-9-18-6-5-16(11)8-13(17)10-19-14-4-2-3-12(15)7-14/h2-4,7,11,13,17H,5-6,8-10,15H2,1H3. The summed E-state index contributed by atoms with van der Waals surface area (Å²) in [6.45, 7) is 5.29. The molecule has 5 nitrogen and oxygen atoms in total. The number of nitrogen functional groups attached to an aromatic ring is 1. The van der Waals surface area contributed by atoms with Crippen molar-refractivity contribution < 1.29 is 14.6 Å². The van der Waals surface area contributed by atoms with Crippen molar-refractivity contribution in [3.63, 3.8) is 0 Å². The van der Waals surface area contributed by atoms with E-state index in [0.29, 0.717) is 24.0 Å². The van der Waals surface area contributed by atoms with Gasteiger partial charge in [0.15, 0.2) is 0 Å². The molecule has 3 N–H and O–H groups in total. The lowest BCUT2D eigenvalue weighted by atomic mass is 10.2. The molecule has 106 valence electrons. The number of anilines is 1. The molecular formula is C14H22N2O3. The van der Waals surface area contributed by atoms with E-state index in [2.05, 4.69) is 11.8 Å². The minimum Gasteiger partial charge on any atom is -0.491 e. The second-order valence-corrected chi connectivity index (χ2v) is 4.96. The summed E-state index contributed by atoms with van der Waals surface area (Å²) >= 11 is 0. The van der Waals surface area contributed by atoms with Crippen molar-refractivity contribution in [2.45, 2.75) is 19.1 Å². The van der Waals surface area contributed by atoms with E-state index in [9.17, 15) is 5.11 Å². The van der Waals surface area contributed by atoms with Crippen molar-refractivity contribution in [2.24, 2.45) is 0 Å². The van der Waals surface area contributed by atoms with Crippen molar-refractivity contribution in [1.29, 1.82) is 0 Å². The Kier molecular flexibility index (Phi) is 5.01. The SMILES string of the molecule is CC1COCCN1CC(O)COc1cccc(N)c1. The molecule has 2 unspecified atom stereocenters. The molecule has 0 saturated carbocycles. The maximum Gasteiger partial charge on any atom is 0.121 e. The van der Waals surface area contributed by atoms with E-state index in [0.717, 1.165) is 19.8 Å². The highest BCUT2D eigenvalue weighted by atomic mass is 16.5. The highest BCUT2D eigenvalue weighted by Crippen LogP contribution is 2.15. The Balaban J connectivity index is 1.76. The third kappa shape index (κ3) is 4.38. The van der Waals surface area contributed by atoms with Crippen LogP contribution in [0.1, 0.15) is 6.92 Å². The number of β-amino-alcohol motifs (C(OH)–C–C–N with tert-alkyl or cyclic N) is 1. The van der Waals surface area contributed by atoms with Gasteiger partial charge in [-0.2, -0.15) is 0 Å². The molecule has 1 aliphatic heterocycles. The largest absolute Gasteiger partial charge is 0.491 e. The molecule has 2 atom stereocenters. The summed E-state index contributed by atoms with van der Waals surface area (Å²) < 4.78 is 10.9. The van der Waals surface area contributed by atoms with Gasteiger partial charge in [-0.1, -0.05) is 6.07 Å². The van der Waals surface area contributed by atoms with E-state index in [1.807, 2.05) is 12.1 Å². The Labute approximate surface area is 113 Å². The Hall–Kier alpha value is -1.30. The van der Waals surface area contributed by atoms with Crippen LogP contribution >= 0.6 is 0 Å². The van der Waals surface area contributed by atoms with E-state index >= 15 is 0 Å². The molecule has 1 heterocycles. The zero-order valence-corrected chi connectivity index (χ0v) is 11.3. The summed E-state index contributed by atoms with van der Waals surface area (Å²) in [7, 11) is 0. The van der Waals surface area contributed by atoms with Crippen LogP contribution in [-0.2, 0) is 4.74 Å². The zero-order valence-electron chi connectivity index (χ0n) is 11.3. The highest BCUT2D eigenvalue weighted by Gasteiger charge is 2.21. The number of rotatable bonds is 5. The Morgan fingerprint density at radius 1 is 1.58 bits per heavy atom. The summed E-state index contributed by atoms with van der Waals surface area (Å²) in [5.41, 5.74) is 6.33. The topological polar surface area (TPSA) is 68.0 Å². The molecule has 1 aromatic carbocycles. The molecule has 0 radical (unpaired) electrons. The molecule has 1 aliphatic rings. The van der Waals surface area contributed by atoms with Crippen LogP contribution in [0.25, 0.3) is 0 Å². The predicted molar refractivity (Wildman–Crippen MR) is 74.2 cm³/mol. The van der Waals surface area contributed by atoms with E-state index < -0.39 is 6.10 Å². The van der Waals surface area contributed by atoms with Crippen LogP contribution in [0.4, 0.5) is 5.69 Å². The van der Waals surface area contributed by atoms with Crippen LogP contribution in [0.15, 0.2) is 24.3 Å². The minimum absolute atomic E-state index is 0.271. The second kappa shape index (κ2) is 6.75. The Morgan fingerprint density at radius 3 is 3.16 bits per heavy atom. The molecule has 1 aromatic rings. The molecule has 1 saturated heterocycles. The number of nitrogens with two attached hydrogens (primary N) is 1. The Morgan fingerprint density at radius 2 is 2.42 bits per heavy atom. The lowest BCUT2D eigenvalue weighted by molar-refractivity contribution is -0.0265. The van der Waals surface area contributed by atoms with E-state index in [4.69, 9.17) is 15.2 Å². The first-order valence-electron chi connectivity index (χ1n) is 6.63. The van der Waals surface area contributed by atoms with Crippen LogP contribution in [0.2, 0.25) is 0 Å². The average Bonchev–Trinajstić information content (AvgIpc) is 2.39. The molecule has 0 amide bonds. The van der Waals surface area contributed by atoms with Gasteiger partial charge in [0.05, 0.1) is 13.2 Å². The summed E-state index contributed by atoms with van der Waals surface area (Å²) in [4.78, 5) is 2.22. The number of aliphatic hydroxyl groups excluding tert-OH is 1. The first-order chi connectivity index (χ1) is 9.15. The van der Waals surface area contributed by atoms with E-state index in [1.54, 1.807) is 12.1 Å². The van der Waals surface area contributed by atoms with Crippen molar-refractivity contribution in [1.82, 2.24) is 4.90 Å². The van der Waals surface area contributed by atoms with Crippen LogP contribution in [0, 0.1) is 0 Å². The number of morpholine rings is 1. The summed E-state index contributed by atoms with van der Waals surface area (Å²) in [6.07, 6.45) is -0.512. The third-order valence-corrected chi connectivity index (χ3v) is 3.25. The zero-order chi connectivity index (χ0) is 13.7. The monoisotopic (exact) mass is 266 g/mol. The quantitative estimate of drug-likeness (QED) is 0.769. The van der Waals surface area contributed by atoms with Gasteiger partial charge in [0.1, 0.15) is 18.5 Å². The van der Waals surface area contributed by atoms with Crippen LogP contribution < -0.4 is 10.5 Å². The fourth-order valence-electron chi connectivity index (χ4n) is 2.15. The van der Waals surface area contributed by atoms with Crippen molar-refractivity contribution in [3.05, 3.63) is 24.3 Å². The van der Waals surface area contributed by atoms with Gasteiger partial charge in [-0.25, -0.2) is 0 Å². The van der Waals surface area contributed by atoms with Gasteiger partial charge in [-0.3, -0.25) is 4.90 Å². The number of aliphatic hydroxyl groups is 1. The van der Waals surface area contributed by atoms with Gasteiger partial charge in [0, 0.05) is 30.9 Å². The van der Waals surface area contributed by atoms with Crippen molar-refractivity contribution in [2.75, 3.05) is 38.6 Å². The van der Waals surface area contributed by atoms with Gasteiger partial charge < -0.3 is 20.3 Å². The molecule has 0 aromatic heterocycles.